The molecule has 2 aliphatic carbocycles. The number of carbonyl (C=O) groups excluding carboxylic acids is 1. The molecule has 248 valence electrons. The summed E-state index contributed by atoms with van der Waals surface area (Å²) >= 11 is 6.42. The Morgan fingerprint density at radius 1 is 1.22 bits per heavy atom. The van der Waals surface area contributed by atoms with Crippen molar-refractivity contribution >= 4 is 33.2 Å². The maximum Gasteiger partial charge on any atom is 0.264 e. The summed E-state index contributed by atoms with van der Waals surface area (Å²) in [6.45, 7) is 9.13. The normalized spacial score (nSPS) is 25.1. The zero-order valence-electron chi connectivity index (χ0n) is 27.6. The Balaban J connectivity index is 1.50. The van der Waals surface area contributed by atoms with Gasteiger partial charge < -0.3 is 19.6 Å². The predicted octanol–water partition coefficient (Wildman–Crippen LogP) is 5.79. The lowest BCUT2D eigenvalue weighted by Gasteiger charge is -2.50. The van der Waals surface area contributed by atoms with Gasteiger partial charge in [0.25, 0.3) is 5.91 Å². The van der Waals surface area contributed by atoms with Crippen LogP contribution in [0, 0.1) is 11.8 Å². The van der Waals surface area contributed by atoms with Crippen LogP contribution in [0.3, 0.4) is 0 Å². The van der Waals surface area contributed by atoms with Crippen LogP contribution in [0.2, 0.25) is 5.02 Å². The second-order valence-electron chi connectivity index (χ2n) is 14.3. The van der Waals surface area contributed by atoms with E-state index in [4.69, 9.17) is 16.3 Å². The molecule has 1 saturated carbocycles. The van der Waals surface area contributed by atoms with E-state index in [0.29, 0.717) is 37.9 Å². The molecule has 2 N–H and O–H groups in total. The highest BCUT2D eigenvalue weighted by Crippen LogP contribution is 2.48. The molecule has 0 aromatic heterocycles. The summed E-state index contributed by atoms with van der Waals surface area (Å²) in [6.07, 6.45) is 6.62. The number of halogens is 1. The Morgan fingerprint density at radius 3 is 2.62 bits per heavy atom. The molecule has 2 aromatic carbocycles. The molecule has 0 bridgehead atoms. The number of benzene rings is 2. The van der Waals surface area contributed by atoms with Crippen molar-refractivity contribution in [2.24, 2.45) is 11.8 Å². The predicted molar refractivity (Wildman–Crippen MR) is 181 cm³/mol. The van der Waals surface area contributed by atoms with Crippen LogP contribution in [-0.2, 0) is 21.9 Å². The first-order chi connectivity index (χ1) is 21.2. The molecule has 3 aliphatic rings. The first-order valence-electron chi connectivity index (χ1n) is 16.4. The van der Waals surface area contributed by atoms with Crippen molar-refractivity contribution in [3.63, 3.8) is 0 Å². The molecule has 0 unspecified atom stereocenters. The van der Waals surface area contributed by atoms with E-state index in [0.717, 1.165) is 49.2 Å². The number of nitrogens with one attached hydrogen (secondary N) is 1. The lowest BCUT2D eigenvalue weighted by atomic mass is 9.63. The number of sulfonamides is 1. The number of carbonyl (C=O) groups is 1. The molecule has 1 amide bonds. The summed E-state index contributed by atoms with van der Waals surface area (Å²) in [5, 5.41) is 11.8. The van der Waals surface area contributed by atoms with Crippen molar-refractivity contribution in [2.75, 3.05) is 38.7 Å². The largest absolute Gasteiger partial charge is 0.490 e. The molecule has 1 aliphatic heterocycles. The molecule has 45 heavy (non-hydrogen) atoms. The van der Waals surface area contributed by atoms with Gasteiger partial charge in [0.15, 0.2) is 0 Å². The summed E-state index contributed by atoms with van der Waals surface area (Å²) in [5.74, 6) is 0.435. The average molecular weight is 660 g/mol. The van der Waals surface area contributed by atoms with E-state index in [1.165, 1.54) is 11.1 Å². The third-order valence-corrected chi connectivity index (χ3v) is 12.6. The van der Waals surface area contributed by atoms with Gasteiger partial charge in [0, 0.05) is 35.1 Å². The Morgan fingerprint density at radius 2 is 1.98 bits per heavy atom. The van der Waals surface area contributed by atoms with Gasteiger partial charge in [-0.1, -0.05) is 24.6 Å². The third kappa shape index (κ3) is 7.02. The van der Waals surface area contributed by atoms with Gasteiger partial charge in [0.1, 0.15) is 5.75 Å². The molecular formula is C35H50ClN3O5S. The summed E-state index contributed by atoms with van der Waals surface area (Å²) < 4.78 is 33.9. The highest BCUT2D eigenvalue weighted by atomic mass is 35.5. The van der Waals surface area contributed by atoms with Gasteiger partial charge in [-0.2, -0.15) is 0 Å². The smallest absolute Gasteiger partial charge is 0.264 e. The van der Waals surface area contributed by atoms with E-state index in [9.17, 15) is 18.3 Å². The SMILES string of the molecule is CC[C@H](C[C@](C)(O)[C@@H]1CC[C@H]1CN1C[C@@]2(CCCc3cc(Cl)ccc32)COc2ccc(C(=O)NS(=O)(=O)C(C)C)cc21)N(C)C. The molecule has 0 saturated heterocycles. The van der Waals surface area contributed by atoms with Crippen LogP contribution in [0.15, 0.2) is 36.4 Å². The molecule has 2 aromatic rings. The Bertz CT molecular complexity index is 1510. The van der Waals surface area contributed by atoms with Gasteiger partial charge in [-0.25, -0.2) is 13.1 Å². The Labute approximate surface area is 274 Å². The van der Waals surface area contributed by atoms with Gasteiger partial charge in [-0.05, 0) is 133 Å². The number of aliphatic hydroxyl groups is 1. The Kier molecular flexibility index (Phi) is 9.87. The first-order valence-corrected chi connectivity index (χ1v) is 18.3. The number of ether oxygens (including phenoxy) is 1. The number of rotatable bonds is 10. The van der Waals surface area contributed by atoms with Gasteiger partial charge in [0.2, 0.25) is 10.0 Å². The van der Waals surface area contributed by atoms with Gasteiger partial charge in [-0.3, -0.25) is 4.79 Å². The maximum atomic E-state index is 13.2. The number of hydrogen-bond acceptors (Lipinski definition) is 7. The molecule has 10 heteroatoms. The monoisotopic (exact) mass is 659 g/mol. The Hall–Kier alpha value is -2.33. The molecule has 1 fully saturated rings. The minimum atomic E-state index is -3.79. The summed E-state index contributed by atoms with van der Waals surface area (Å²) in [7, 11) is 0.360. The van der Waals surface area contributed by atoms with E-state index in [1.807, 2.05) is 13.0 Å². The highest BCUT2D eigenvalue weighted by molar-refractivity contribution is 7.90. The molecule has 5 atom stereocenters. The molecule has 0 radical (unpaired) electrons. The minimum absolute atomic E-state index is 0.148. The molecule has 5 rings (SSSR count). The number of nitrogens with zero attached hydrogens (tertiary/aromatic N) is 2. The summed E-state index contributed by atoms with van der Waals surface area (Å²) in [6, 6.07) is 11.7. The fourth-order valence-electron chi connectivity index (χ4n) is 7.77. The van der Waals surface area contributed by atoms with E-state index >= 15 is 0 Å². The van der Waals surface area contributed by atoms with Crippen LogP contribution in [-0.4, -0.2) is 75.0 Å². The summed E-state index contributed by atoms with van der Waals surface area (Å²) in [5.41, 5.74) is 2.48. The topological polar surface area (TPSA) is 99.2 Å². The fraction of sp³-hybridized carbons (Fsp3) is 0.629. The number of fused-ring (bicyclic) bond motifs is 3. The third-order valence-electron chi connectivity index (χ3n) is 10.7. The zero-order valence-corrected chi connectivity index (χ0v) is 29.2. The molecular weight excluding hydrogens is 610 g/mol. The zero-order chi connectivity index (χ0) is 32.7. The van der Waals surface area contributed by atoms with Crippen LogP contribution < -0.4 is 14.4 Å². The van der Waals surface area contributed by atoms with Crippen molar-refractivity contribution < 1.29 is 23.1 Å². The van der Waals surface area contributed by atoms with Crippen molar-refractivity contribution in [1.82, 2.24) is 9.62 Å². The maximum absolute atomic E-state index is 13.2. The van der Waals surface area contributed by atoms with Crippen molar-refractivity contribution in [1.29, 1.82) is 0 Å². The van der Waals surface area contributed by atoms with Crippen LogP contribution >= 0.6 is 11.6 Å². The minimum Gasteiger partial charge on any atom is -0.490 e. The second-order valence-corrected chi connectivity index (χ2v) is 17.0. The number of hydrogen-bond donors (Lipinski definition) is 2. The van der Waals surface area contributed by atoms with E-state index in [-0.39, 0.29) is 22.8 Å². The van der Waals surface area contributed by atoms with Crippen LogP contribution in [0.25, 0.3) is 0 Å². The molecule has 8 nitrogen and oxygen atoms in total. The summed E-state index contributed by atoms with van der Waals surface area (Å²) in [4.78, 5) is 17.7. The second kappa shape index (κ2) is 13.1. The quantitative estimate of drug-likeness (QED) is 0.333. The van der Waals surface area contributed by atoms with Gasteiger partial charge in [0.05, 0.1) is 23.1 Å². The van der Waals surface area contributed by atoms with E-state index in [2.05, 4.69) is 47.7 Å². The lowest BCUT2D eigenvalue weighted by Crippen LogP contribution is -2.53. The van der Waals surface area contributed by atoms with Crippen molar-refractivity contribution in [3.05, 3.63) is 58.1 Å². The lowest BCUT2D eigenvalue weighted by molar-refractivity contribution is -0.0845. The van der Waals surface area contributed by atoms with Gasteiger partial charge >= 0.3 is 0 Å². The average Bonchev–Trinajstić information content (AvgIpc) is 3.10. The first kappa shape index (κ1) is 34.0. The number of aryl methyl sites for hydroxylation is 1. The van der Waals surface area contributed by atoms with E-state index in [1.54, 1.807) is 32.0 Å². The van der Waals surface area contributed by atoms with E-state index < -0.39 is 26.8 Å². The van der Waals surface area contributed by atoms with Crippen LogP contribution in [0.4, 0.5) is 5.69 Å². The molecule has 1 spiro atoms. The van der Waals surface area contributed by atoms with Gasteiger partial charge in [-0.15, -0.1) is 0 Å². The molecule has 1 heterocycles. The fourth-order valence-corrected chi connectivity index (χ4v) is 8.58. The van der Waals surface area contributed by atoms with Crippen molar-refractivity contribution in [3.8, 4) is 5.75 Å². The van der Waals surface area contributed by atoms with Crippen molar-refractivity contribution in [2.45, 2.75) is 94.9 Å². The number of amides is 1. The van der Waals surface area contributed by atoms with Crippen LogP contribution in [0.1, 0.15) is 87.7 Å². The number of anilines is 1. The highest BCUT2D eigenvalue weighted by Gasteiger charge is 2.47. The van der Waals surface area contributed by atoms with Crippen LogP contribution in [0.5, 0.6) is 5.75 Å². The standard InChI is InChI=1S/C35H50ClN3O5S/c1-7-28(38(5)6)19-34(4,41)29-13-10-26(29)20-39-21-35(16-8-9-24-17-27(36)12-14-30(24)35)22-44-32-15-11-25(18-31(32)39)33(40)37-45(42,43)23(2)3/h11-12,14-15,17-18,23,26,28-29,41H,7-10,13,16,19-22H2,1-6H3,(H,37,40)/t26-,28+,29+,34-,35-/m0/s1.